The van der Waals surface area contributed by atoms with Crippen molar-refractivity contribution >= 4 is 33.2 Å². The van der Waals surface area contributed by atoms with Crippen LogP contribution in [-0.4, -0.2) is 53.6 Å². The number of aromatic nitrogens is 2. The Morgan fingerprint density at radius 2 is 1.65 bits per heavy atom. The van der Waals surface area contributed by atoms with Crippen LogP contribution in [0.4, 0.5) is 0 Å². The standard InChI is InChI=1S/C22H24Cl2N4O2S/c1-16-22(17(2)28(25-16)20-6-4-3-5-7-20)31(29,30)27-12-10-26(11-13-27)15-18-8-9-19(23)14-21(18)24/h3-9,14H,10-13,15H2,1-2H3. The molecular formula is C22H24Cl2N4O2S. The van der Waals surface area contributed by atoms with Crippen molar-refractivity contribution in [3.63, 3.8) is 0 Å². The van der Waals surface area contributed by atoms with Crippen molar-refractivity contribution in [2.24, 2.45) is 0 Å². The summed E-state index contributed by atoms with van der Waals surface area (Å²) in [6.45, 7) is 6.31. The molecule has 2 heterocycles. The molecule has 2 aromatic carbocycles. The lowest BCUT2D eigenvalue weighted by atomic mass is 10.2. The molecule has 9 heteroatoms. The molecule has 164 valence electrons. The fraction of sp³-hybridized carbons (Fsp3) is 0.318. The van der Waals surface area contributed by atoms with E-state index in [4.69, 9.17) is 23.2 Å². The van der Waals surface area contributed by atoms with E-state index in [9.17, 15) is 8.42 Å². The highest BCUT2D eigenvalue weighted by Gasteiger charge is 2.33. The van der Waals surface area contributed by atoms with Gasteiger partial charge in [-0.1, -0.05) is 47.5 Å². The Morgan fingerprint density at radius 3 is 2.29 bits per heavy atom. The minimum Gasteiger partial charge on any atom is -0.296 e. The third kappa shape index (κ3) is 4.52. The van der Waals surface area contributed by atoms with Crippen LogP contribution in [0.15, 0.2) is 53.4 Å². The highest BCUT2D eigenvalue weighted by Crippen LogP contribution is 2.27. The molecule has 3 aromatic rings. The predicted octanol–water partition coefficient (Wildman–Crippen LogP) is 4.30. The molecule has 31 heavy (non-hydrogen) atoms. The number of hydrogen-bond donors (Lipinski definition) is 0. The summed E-state index contributed by atoms with van der Waals surface area (Å²) < 4.78 is 30.1. The van der Waals surface area contributed by atoms with Crippen molar-refractivity contribution in [1.29, 1.82) is 0 Å². The van der Waals surface area contributed by atoms with Gasteiger partial charge in [-0.25, -0.2) is 13.1 Å². The molecule has 1 aliphatic heterocycles. The van der Waals surface area contributed by atoms with Crippen LogP contribution in [-0.2, 0) is 16.6 Å². The topological polar surface area (TPSA) is 58.4 Å². The van der Waals surface area contributed by atoms with Gasteiger partial charge in [0, 0.05) is 42.8 Å². The van der Waals surface area contributed by atoms with Gasteiger partial charge in [-0.05, 0) is 43.7 Å². The highest BCUT2D eigenvalue weighted by atomic mass is 35.5. The molecule has 0 atom stereocenters. The van der Waals surface area contributed by atoms with Crippen LogP contribution in [0.3, 0.4) is 0 Å². The summed E-state index contributed by atoms with van der Waals surface area (Å²) in [5.74, 6) is 0. The van der Waals surface area contributed by atoms with Gasteiger partial charge in [0.1, 0.15) is 4.90 Å². The number of para-hydroxylation sites is 1. The first-order valence-corrected chi connectivity index (χ1v) is 12.2. The zero-order chi connectivity index (χ0) is 22.2. The van der Waals surface area contributed by atoms with Crippen molar-refractivity contribution in [1.82, 2.24) is 19.0 Å². The van der Waals surface area contributed by atoms with E-state index >= 15 is 0 Å². The van der Waals surface area contributed by atoms with E-state index in [2.05, 4.69) is 10.00 Å². The maximum absolute atomic E-state index is 13.4. The molecule has 0 spiro atoms. The van der Waals surface area contributed by atoms with Crippen LogP contribution in [0, 0.1) is 13.8 Å². The van der Waals surface area contributed by atoms with Gasteiger partial charge in [-0.2, -0.15) is 9.40 Å². The Bertz CT molecular complexity index is 1190. The molecule has 0 N–H and O–H groups in total. The lowest BCUT2D eigenvalue weighted by Crippen LogP contribution is -2.48. The molecule has 1 aromatic heterocycles. The second-order valence-corrected chi connectivity index (χ2v) is 10.4. The first-order chi connectivity index (χ1) is 14.8. The largest absolute Gasteiger partial charge is 0.296 e. The first-order valence-electron chi connectivity index (χ1n) is 10.1. The molecule has 1 saturated heterocycles. The van der Waals surface area contributed by atoms with Crippen molar-refractivity contribution in [3.8, 4) is 5.69 Å². The molecule has 6 nitrogen and oxygen atoms in total. The lowest BCUT2D eigenvalue weighted by Gasteiger charge is -2.34. The summed E-state index contributed by atoms with van der Waals surface area (Å²) in [5, 5.41) is 5.73. The van der Waals surface area contributed by atoms with Crippen LogP contribution in [0.5, 0.6) is 0 Å². The van der Waals surface area contributed by atoms with Gasteiger partial charge in [0.2, 0.25) is 10.0 Å². The monoisotopic (exact) mass is 478 g/mol. The van der Waals surface area contributed by atoms with Crippen LogP contribution in [0.1, 0.15) is 17.0 Å². The first kappa shape index (κ1) is 22.3. The zero-order valence-corrected chi connectivity index (χ0v) is 19.8. The van der Waals surface area contributed by atoms with E-state index in [1.54, 1.807) is 28.9 Å². The Hall–Kier alpha value is -1.90. The summed E-state index contributed by atoms with van der Waals surface area (Å²) >= 11 is 12.3. The molecule has 4 rings (SSSR count). The van der Waals surface area contributed by atoms with Gasteiger partial charge >= 0.3 is 0 Å². The highest BCUT2D eigenvalue weighted by molar-refractivity contribution is 7.89. The van der Waals surface area contributed by atoms with Gasteiger partial charge in [0.05, 0.1) is 17.1 Å². The smallest absolute Gasteiger partial charge is 0.246 e. The zero-order valence-electron chi connectivity index (χ0n) is 17.4. The minimum atomic E-state index is -3.64. The minimum absolute atomic E-state index is 0.297. The number of rotatable bonds is 5. The lowest BCUT2D eigenvalue weighted by molar-refractivity contribution is 0.181. The number of halogens is 2. The maximum Gasteiger partial charge on any atom is 0.246 e. The van der Waals surface area contributed by atoms with Crippen molar-refractivity contribution in [3.05, 3.63) is 75.5 Å². The molecule has 0 radical (unpaired) electrons. The predicted molar refractivity (Wildman–Crippen MR) is 124 cm³/mol. The van der Waals surface area contributed by atoms with E-state index in [-0.39, 0.29) is 0 Å². The Kier molecular flexibility index (Phi) is 6.42. The van der Waals surface area contributed by atoms with Crippen LogP contribution < -0.4 is 0 Å². The summed E-state index contributed by atoms with van der Waals surface area (Å²) in [7, 11) is -3.64. The Morgan fingerprint density at radius 1 is 0.968 bits per heavy atom. The van der Waals surface area contributed by atoms with Crippen LogP contribution in [0.2, 0.25) is 10.0 Å². The van der Waals surface area contributed by atoms with Crippen LogP contribution >= 0.6 is 23.2 Å². The second kappa shape index (κ2) is 8.92. The van der Waals surface area contributed by atoms with Gasteiger partial charge < -0.3 is 0 Å². The van der Waals surface area contributed by atoms with Crippen molar-refractivity contribution in [2.75, 3.05) is 26.2 Å². The van der Waals surface area contributed by atoms with Gasteiger partial charge in [-0.3, -0.25) is 4.90 Å². The molecular weight excluding hydrogens is 455 g/mol. The number of aryl methyl sites for hydroxylation is 1. The average Bonchev–Trinajstić information content (AvgIpc) is 3.06. The molecule has 0 saturated carbocycles. The summed E-state index contributed by atoms with van der Waals surface area (Å²) in [6.07, 6.45) is 0. The molecule has 0 bridgehead atoms. The SMILES string of the molecule is Cc1nn(-c2ccccc2)c(C)c1S(=O)(=O)N1CCN(Cc2ccc(Cl)cc2Cl)CC1. The quantitative estimate of drug-likeness (QED) is 0.548. The second-order valence-electron chi connectivity index (χ2n) is 7.66. The fourth-order valence-electron chi connectivity index (χ4n) is 3.97. The van der Waals surface area contributed by atoms with Crippen LogP contribution in [0.25, 0.3) is 5.69 Å². The summed E-state index contributed by atoms with van der Waals surface area (Å²) in [6, 6.07) is 15.0. The number of benzene rings is 2. The third-order valence-electron chi connectivity index (χ3n) is 5.56. The van der Waals surface area contributed by atoms with E-state index < -0.39 is 10.0 Å². The Labute approximate surface area is 193 Å². The molecule has 0 aliphatic carbocycles. The van der Waals surface area contributed by atoms with E-state index in [0.29, 0.717) is 59.1 Å². The van der Waals surface area contributed by atoms with E-state index in [0.717, 1.165) is 11.3 Å². The number of piperazine rings is 1. The number of sulfonamides is 1. The van der Waals surface area contributed by atoms with Gasteiger partial charge in [-0.15, -0.1) is 0 Å². The Balaban J connectivity index is 1.50. The molecule has 1 fully saturated rings. The van der Waals surface area contributed by atoms with Gasteiger partial charge in [0.15, 0.2) is 0 Å². The van der Waals surface area contributed by atoms with E-state index in [1.165, 1.54) is 0 Å². The normalized spacial score (nSPS) is 16.0. The number of hydrogen-bond acceptors (Lipinski definition) is 4. The average molecular weight is 479 g/mol. The fourth-order valence-corrected chi connectivity index (χ4v) is 6.21. The third-order valence-corrected chi connectivity index (χ3v) is 8.30. The summed E-state index contributed by atoms with van der Waals surface area (Å²) in [4.78, 5) is 2.50. The molecule has 1 aliphatic rings. The number of nitrogens with zero attached hydrogens (tertiary/aromatic N) is 4. The van der Waals surface area contributed by atoms with E-state index in [1.807, 2.05) is 42.5 Å². The van der Waals surface area contributed by atoms with Crippen molar-refractivity contribution < 1.29 is 8.42 Å². The summed E-state index contributed by atoms with van der Waals surface area (Å²) in [5.41, 5.74) is 2.96. The molecule has 0 unspecified atom stereocenters. The molecule has 0 amide bonds. The van der Waals surface area contributed by atoms with Gasteiger partial charge in [0.25, 0.3) is 0 Å². The van der Waals surface area contributed by atoms with Crippen molar-refractivity contribution in [2.45, 2.75) is 25.3 Å². The maximum atomic E-state index is 13.4.